The molecule has 0 bridgehead atoms. The molecule has 0 saturated heterocycles. The monoisotopic (exact) mass is 103 g/mol. The molecule has 0 aliphatic heterocycles. The molecule has 1 fully saturated rings. The zero-order valence-electron chi connectivity index (χ0n) is 3.68. The normalized spacial score (nSPS) is 14.0. The summed E-state index contributed by atoms with van der Waals surface area (Å²) in [5.41, 5.74) is 5.62. The highest BCUT2D eigenvalue weighted by Gasteiger charge is 1.95. The second kappa shape index (κ2) is 4.89. The SMILES string of the molecule is C1CC1.NC=S. The molecule has 1 saturated carbocycles. The predicted octanol–water partition coefficient (Wildman–Crippen LogP) is 1.07. The molecule has 1 aliphatic carbocycles. The van der Waals surface area contributed by atoms with Crippen LogP contribution in [-0.4, -0.2) is 5.49 Å². The fraction of sp³-hybridized carbons (Fsp3) is 0.750. The minimum atomic E-state index is 1.08. The largest absolute Gasteiger partial charge is 0.396 e. The Morgan fingerprint density at radius 1 is 1.33 bits per heavy atom. The van der Waals surface area contributed by atoms with E-state index in [9.17, 15) is 0 Å². The van der Waals surface area contributed by atoms with Gasteiger partial charge in [0.1, 0.15) is 0 Å². The van der Waals surface area contributed by atoms with Crippen molar-refractivity contribution in [3.8, 4) is 0 Å². The lowest BCUT2D eigenvalue weighted by atomic mass is 11.0. The number of thiocarbonyl (C=S) groups is 1. The van der Waals surface area contributed by atoms with E-state index in [1.807, 2.05) is 0 Å². The van der Waals surface area contributed by atoms with E-state index in [-0.39, 0.29) is 0 Å². The van der Waals surface area contributed by atoms with Gasteiger partial charge in [0, 0.05) is 0 Å². The summed E-state index contributed by atoms with van der Waals surface area (Å²) in [6, 6.07) is 0. The van der Waals surface area contributed by atoms with E-state index in [4.69, 9.17) is 0 Å². The Kier molecular flexibility index (Phi) is 4.80. The Bertz CT molecular complexity index is 31.8. The Morgan fingerprint density at radius 3 is 1.50 bits per heavy atom. The van der Waals surface area contributed by atoms with Crippen molar-refractivity contribution in [1.82, 2.24) is 0 Å². The zero-order valence-corrected chi connectivity index (χ0v) is 4.50. The van der Waals surface area contributed by atoms with Crippen molar-refractivity contribution in [2.24, 2.45) is 5.73 Å². The van der Waals surface area contributed by atoms with Gasteiger partial charge in [0.05, 0.1) is 5.49 Å². The first kappa shape index (κ1) is 5.89. The van der Waals surface area contributed by atoms with Crippen LogP contribution in [0.1, 0.15) is 19.3 Å². The van der Waals surface area contributed by atoms with Crippen LogP contribution >= 0.6 is 12.2 Å². The second-order valence-electron chi connectivity index (χ2n) is 1.20. The molecule has 0 aromatic carbocycles. The van der Waals surface area contributed by atoms with E-state index in [2.05, 4.69) is 18.0 Å². The third-order valence-electron chi connectivity index (χ3n) is 0.354. The molecule has 1 rings (SSSR count). The van der Waals surface area contributed by atoms with E-state index >= 15 is 0 Å². The molecular weight excluding hydrogens is 94.1 g/mol. The average molecular weight is 103 g/mol. The predicted molar refractivity (Wildman–Crippen MR) is 31.7 cm³/mol. The lowest BCUT2D eigenvalue weighted by Crippen LogP contribution is -1.79. The van der Waals surface area contributed by atoms with Gasteiger partial charge in [0.15, 0.2) is 0 Å². The van der Waals surface area contributed by atoms with Crippen LogP contribution in [0.4, 0.5) is 0 Å². The summed E-state index contributed by atoms with van der Waals surface area (Å²) < 4.78 is 0. The van der Waals surface area contributed by atoms with Gasteiger partial charge in [0.25, 0.3) is 0 Å². The van der Waals surface area contributed by atoms with Gasteiger partial charge in [0.2, 0.25) is 0 Å². The third-order valence-corrected chi connectivity index (χ3v) is 0.354. The molecule has 0 amide bonds. The van der Waals surface area contributed by atoms with Gasteiger partial charge in [-0.15, -0.1) is 0 Å². The van der Waals surface area contributed by atoms with Crippen LogP contribution < -0.4 is 5.73 Å². The highest BCUT2D eigenvalue weighted by atomic mass is 32.1. The van der Waals surface area contributed by atoms with Gasteiger partial charge in [-0.1, -0.05) is 31.5 Å². The second-order valence-corrected chi connectivity index (χ2v) is 1.47. The van der Waals surface area contributed by atoms with Gasteiger partial charge in [-0.2, -0.15) is 0 Å². The van der Waals surface area contributed by atoms with E-state index in [1.165, 1.54) is 19.3 Å². The summed E-state index contributed by atoms with van der Waals surface area (Å²) in [6.07, 6.45) is 4.50. The molecule has 0 spiro atoms. The number of hydrogen-bond donors (Lipinski definition) is 1. The molecule has 2 heteroatoms. The van der Waals surface area contributed by atoms with Crippen LogP contribution in [0.3, 0.4) is 0 Å². The van der Waals surface area contributed by atoms with Gasteiger partial charge < -0.3 is 5.73 Å². The molecule has 0 radical (unpaired) electrons. The Hall–Kier alpha value is -0.110. The number of nitrogens with two attached hydrogens (primary N) is 1. The average Bonchev–Trinajstić information content (AvgIpc) is 2.11. The molecule has 1 aliphatic rings. The van der Waals surface area contributed by atoms with Crippen molar-refractivity contribution in [1.29, 1.82) is 0 Å². The maximum atomic E-state index is 4.54. The van der Waals surface area contributed by atoms with Crippen molar-refractivity contribution in [3.63, 3.8) is 0 Å². The van der Waals surface area contributed by atoms with Crippen LogP contribution in [0.2, 0.25) is 0 Å². The standard InChI is InChI=1S/C3H6.CH3NS/c1-2-3-1;2-1-3/h1-3H2;1H,(H2,2,3). The smallest absolute Gasteiger partial charge is 0.0588 e. The summed E-state index contributed by atoms with van der Waals surface area (Å²) in [6.45, 7) is 0. The first-order valence-corrected chi connectivity index (χ1v) is 2.54. The molecule has 6 heavy (non-hydrogen) atoms. The molecule has 1 nitrogen and oxygen atoms in total. The van der Waals surface area contributed by atoms with Crippen molar-refractivity contribution >= 4 is 17.7 Å². The molecule has 36 valence electrons. The summed E-state index contributed by atoms with van der Waals surface area (Å²) >= 11 is 4.05. The lowest BCUT2D eigenvalue weighted by Gasteiger charge is -1.36. The molecule has 0 heterocycles. The van der Waals surface area contributed by atoms with E-state index in [0.29, 0.717) is 0 Å². The first-order chi connectivity index (χ1) is 2.91. The molecule has 0 unspecified atom stereocenters. The van der Waals surface area contributed by atoms with Crippen LogP contribution in [0.15, 0.2) is 0 Å². The van der Waals surface area contributed by atoms with Crippen LogP contribution in [0.25, 0.3) is 0 Å². The zero-order chi connectivity index (χ0) is 4.83. The van der Waals surface area contributed by atoms with E-state index in [1.54, 1.807) is 0 Å². The Morgan fingerprint density at radius 2 is 1.50 bits per heavy atom. The lowest BCUT2D eigenvalue weighted by molar-refractivity contribution is 1.50. The first-order valence-electron chi connectivity index (χ1n) is 2.07. The number of hydrogen-bond acceptors (Lipinski definition) is 1. The van der Waals surface area contributed by atoms with Gasteiger partial charge in [-0.3, -0.25) is 0 Å². The summed E-state index contributed by atoms with van der Waals surface area (Å²) in [7, 11) is 0. The molecular formula is C4H9NS. The fourth-order valence-corrected chi connectivity index (χ4v) is 0. The minimum absolute atomic E-state index is 1.08. The quantitative estimate of drug-likeness (QED) is 0.464. The summed E-state index contributed by atoms with van der Waals surface area (Å²) in [4.78, 5) is 0. The molecule has 2 N–H and O–H groups in total. The van der Waals surface area contributed by atoms with Gasteiger partial charge >= 0.3 is 0 Å². The van der Waals surface area contributed by atoms with Crippen LogP contribution in [0, 0.1) is 0 Å². The van der Waals surface area contributed by atoms with E-state index in [0.717, 1.165) is 5.49 Å². The number of rotatable bonds is 0. The van der Waals surface area contributed by atoms with E-state index < -0.39 is 0 Å². The highest BCUT2D eigenvalue weighted by molar-refractivity contribution is 7.78. The van der Waals surface area contributed by atoms with Gasteiger partial charge in [-0.25, -0.2) is 0 Å². The van der Waals surface area contributed by atoms with Crippen molar-refractivity contribution < 1.29 is 0 Å². The molecule has 0 atom stereocenters. The topological polar surface area (TPSA) is 26.0 Å². The molecule has 0 aromatic rings. The molecule has 0 aromatic heterocycles. The van der Waals surface area contributed by atoms with Crippen molar-refractivity contribution in [2.45, 2.75) is 19.3 Å². The fourth-order valence-electron chi connectivity index (χ4n) is 0. The highest BCUT2D eigenvalue weighted by Crippen LogP contribution is 2.14. The maximum Gasteiger partial charge on any atom is 0.0588 e. The Labute approximate surface area is 43.5 Å². The third kappa shape index (κ3) is 41.0. The minimum Gasteiger partial charge on any atom is -0.396 e. The Balaban J connectivity index is 0.0000000833. The summed E-state index contributed by atoms with van der Waals surface area (Å²) in [5, 5.41) is 0. The maximum absolute atomic E-state index is 4.54. The van der Waals surface area contributed by atoms with Crippen molar-refractivity contribution in [3.05, 3.63) is 0 Å². The van der Waals surface area contributed by atoms with Crippen LogP contribution in [0.5, 0.6) is 0 Å². The van der Waals surface area contributed by atoms with Crippen molar-refractivity contribution in [2.75, 3.05) is 0 Å². The summed E-state index contributed by atoms with van der Waals surface area (Å²) in [5.74, 6) is 0. The van der Waals surface area contributed by atoms with Crippen LogP contribution in [-0.2, 0) is 0 Å². The van der Waals surface area contributed by atoms with Gasteiger partial charge in [-0.05, 0) is 0 Å².